The standard InChI is InChI=1S/C19H29N3O2/c1-21-6-8-22(9-7-21)14-16-2-3-18(20)17(12-16)19(23)13-15-4-10-24-11-5-15/h2-3,12,15H,4-11,13-14,20H2,1H3. The number of ether oxygens (including phenoxy) is 1. The molecule has 0 atom stereocenters. The fourth-order valence-corrected chi connectivity index (χ4v) is 3.53. The second-order valence-electron chi connectivity index (χ2n) is 7.18. The summed E-state index contributed by atoms with van der Waals surface area (Å²) >= 11 is 0. The number of carbonyl (C=O) groups excluding carboxylic acids is 1. The molecule has 2 fully saturated rings. The van der Waals surface area contributed by atoms with Gasteiger partial charge in [-0.1, -0.05) is 6.07 Å². The number of nitrogen functional groups attached to an aromatic ring is 1. The van der Waals surface area contributed by atoms with Crippen LogP contribution in [-0.2, 0) is 11.3 Å². The number of benzene rings is 1. The number of nitrogens with two attached hydrogens (primary N) is 1. The summed E-state index contributed by atoms with van der Waals surface area (Å²) in [6.45, 7) is 6.80. The summed E-state index contributed by atoms with van der Waals surface area (Å²) in [6, 6.07) is 5.96. The lowest BCUT2D eigenvalue weighted by molar-refractivity contribution is 0.0601. The highest BCUT2D eigenvalue weighted by atomic mass is 16.5. The Morgan fingerprint density at radius 3 is 2.62 bits per heavy atom. The van der Waals surface area contributed by atoms with Crippen LogP contribution in [0.3, 0.4) is 0 Å². The van der Waals surface area contributed by atoms with E-state index in [2.05, 4.69) is 22.9 Å². The normalized spacial score (nSPS) is 21.0. The monoisotopic (exact) mass is 331 g/mol. The van der Waals surface area contributed by atoms with Crippen molar-refractivity contribution in [2.45, 2.75) is 25.8 Å². The van der Waals surface area contributed by atoms with E-state index in [0.29, 0.717) is 23.6 Å². The number of piperazine rings is 1. The molecule has 2 saturated heterocycles. The largest absolute Gasteiger partial charge is 0.398 e. The Kier molecular flexibility index (Phi) is 5.87. The highest BCUT2D eigenvalue weighted by molar-refractivity contribution is 6.01. The summed E-state index contributed by atoms with van der Waals surface area (Å²) in [5.41, 5.74) is 8.57. The van der Waals surface area contributed by atoms with Gasteiger partial charge in [0.1, 0.15) is 0 Å². The molecule has 0 aliphatic carbocycles. The van der Waals surface area contributed by atoms with Crippen LogP contribution in [0.1, 0.15) is 35.2 Å². The zero-order valence-electron chi connectivity index (χ0n) is 14.7. The van der Waals surface area contributed by atoms with Crippen molar-refractivity contribution < 1.29 is 9.53 Å². The molecular weight excluding hydrogens is 302 g/mol. The van der Waals surface area contributed by atoms with E-state index in [1.54, 1.807) is 0 Å². The van der Waals surface area contributed by atoms with E-state index in [9.17, 15) is 4.79 Å². The molecule has 1 aromatic carbocycles. The highest BCUT2D eigenvalue weighted by Crippen LogP contribution is 2.24. The molecule has 3 rings (SSSR count). The lowest BCUT2D eigenvalue weighted by Gasteiger charge is -2.32. The van der Waals surface area contributed by atoms with Crippen LogP contribution in [-0.4, -0.2) is 62.0 Å². The molecule has 5 heteroatoms. The first kappa shape index (κ1) is 17.4. The van der Waals surface area contributed by atoms with Crippen molar-refractivity contribution >= 4 is 11.5 Å². The maximum Gasteiger partial charge on any atom is 0.165 e. The molecule has 1 aromatic rings. The predicted molar refractivity (Wildman–Crippen MR) is 96.1 cm³/mol. The van der Waals surface area contributed by atoms with Gasteiger partial charge in [-0.3, -0.25) is 9.69 Å². The highest BCUT2D eigenvalue weighted by Gasteiger charge is 2.20. The van der Waals surface area contributed by atoms with Crippen LogP contribution in [0.5, 0.6) is 0 Å². The van der Waals surface area contributed by atoms with Gasteiger partial charge >= 0.3 is 0 Å². The smallest absolute Gasteiger partial charge is 0.165 e. The van der Waals surface area contributed by atoms with E-state index < -0.39 is 0 Å². The second kappa shape index (κ2) is 8.10. The molecule has 24 heavy (non-hydrogen) atoms. The van der Waals surface area contributed by atoms with E-state index in [4.69, 9.17) is 10.5 Å². The van der Waals surface area contributed by atoms with Gasteiger partial charge in [-0.25, -0.2) is 0 Å². The van der Waals surface area contributed by atoms with E-state index in [1.807, 2.05) is 12.1 Å². The first-order chi connectivity index (χ1) is 11.6. The van der Waals surface area contributed by atoms with Crippen molar-refractivity contribution in [1.82, 2.24) is 9.80 Å². The van der Waals surface area contributed by atoms with Crippen LogP contribution >= 0.6 is 0 Å². The number of nitrogens with zero attached hydrogens (tertiary/aromatic N) is 2. The third-order valence-corrected chi connectivity index (χ3v) is 5.24. The first-order valence-electron chi connectivity index (χ1n) is 9.02. The van der Waals surface area contributed by atoms with Gasteiger partial charge in [0.25, 0.3) is 0 Å². The van der Waals surface area contributed by atoms with Gasteiger partial charge in [0.2, 0.25) is 0 Å². The fourth-order valence-electron chi connectivity index (χ4n) is 3.53. The van der Waals surface area contributed by atoms with Gasteiger partial charge in [0, 0.05) is 63.6 Å². The Morgan fingerprint density at radius 1 is 1.21 bits per heavy atom. The molecule has 2 aliphatic rings. The average Bonchev–Trinajstić information content (AvgIpc) is 2.59. The van der Waals surface area contributed by atoms with Crippen molar-refractivity contribution in [3.05, 3.63) is 29.3 Å². The molecule has 5 nitrogen and oxygen atoms in total. The number of hydrogen-bond donors (Lipinski definition) is 1. The van der Waals surface area contributed by atoms with E-state index >= 15 is 0 Å². The molecule has 2 N–H and O–H groups in total. The van der Waals surface area contributed by atoms with Crippen molar-refractivity contribution in [2.75, 3.05) is 52.2 Å². The lowest BCUT2D eigenvalue weighted by atomic mass is 9.91. The minimum Gasteiger partial charge on any atom is -0.398 e. The van der Waals surface area contributed by atoms with Crippen LogP contribution < -0.4 is 5.73 Å². The maximum atomic E-state index is 12.7. The molecule has 0 bridgehead atoms. The lowest BCUT2D eigenvalue weighted by Crippen LogP contribution is -2.43. The van der Waals surface area contributed by atoms with Crippen molar-refractivity contribution in [3.63, 3.8) is 0 Å². The Bertz CT molecular complexity index is 562. The van der Waals surface area contributed by atoms with Crippen LogP contribution in [0.25, 0.3) is 0 Å². The zero-order valence-corrected chi connectivity index (χ0v) is 14.7. The fraction of sp³-hybridized carbons (Fsp3) is 0.632. The minimum atomic E-state index is 0.180. The predicted octanol–water partition coefficient (Wildman–Crippen LogP) is 2.02. The topological polar surface area (TPSA) is 58.8 Å². The molecule has 2 heterocycles. The molecule has 0 unspecified atom stereocenters. The van der Waals surface area contributed by atoms with Gasteiger partial charge in [-0.15, -0.1) is 0 Å². The molecular formula is C19H29N3O2. The summed E-state index contributed by atoms with van der Waals surface area (Å²) in [7, 11) is 2.16. The van der Waals surface area contributed by atoms with Gasteiger partial charge in [-0.05, 0) is 43.5 Å². The number of ketones is 1. The zero-order chi connectivity index (χ0) is 16.9. The summed E-state index contributed by atoms with van der Waals surface area (Å²) in [6.07, 6.45) is 2.55. The SMILES string of the molecule is CN1CCN(Cc2ccc(N)c(C(=O)CC3CCOCC3)c2)CC1. The van der Waals surface area contributed by atoms with E-state index in [1.165, 1.54) is 5.56 Å². The summed E-state index contributed by atoms with van der Waals surface area (Å²) in [5.74, 6) is 0.617. The molecule has 132 valence electrons. The third kappa shape index (κ3) is 4.56. The van der Waals surface area contributed by atoms with Crippen LogP contribution in [0.4, 0.5) is 5.69 Å². The van der Waals surface area contributed by atoms with Gasteiger partial charge in [-0.2, -0.15) is 0 Å². The molecule has 0 aromatic heterocycles. The molecule has 0 saturated carbocycles. The molecule has 2 aliphatic heterocycles. The van der Waals surface area contributed by atoms with Crippen molar-refractivity contribution in [1.29, 1.82) is 0 Å². The number of Topliss-reactive ketones (excluding diaryl/α,β-unsaturated/α-hetero) is 1. The Labute approximate surface area is 144 Å². The maximum absolute atomic E-state index is 12.7. The molecule has 0 radical (unpaired) electrons. The minimum absolute atomic E-state index is 0.180. The first-order valence-corrected chi connectivity index (χ1v) is 9.02. The quantitative estimate of drug-likeness (QED) is 0.661. The summed E-state index contributed by atoms with van der Waals surface area (Å²) in [4.78, 5) is 17.5. The summed E-state index contributed by atoms with van der Waals surface area (Å²) < 4.78 is 5.38. The van der Waals surface area contributed by atoms with Gasteiger partial charge in [0.15, 0.2) is 5.78 Å². The third-order valence-electron chi connectivity index (χ3n) is 5.24. The van der Waals surface area contributed by atoms with Crippen LogP contribution in [0.15, 0.2) is 18.2 Å². The van der Waals surface area contributed by atoms with Crippen LogP contribution in [0.2, 0.25) is 0 Å². The van der Waals surface area contributed by atoms with E-state index in [0.717, 1.165) is 58.8 Å². The van der Waals surface area contributed by atoms with Crippen molar-refractivity contribution in [3.8, 4) is 0 Å². The Balaban J connectivity index is 1.63. The van der Waals surface area contributed by atoms with Crippen LogP contribution in [0, 0.1) is 5.92 Å². The average molecular weight is 331 g/mol. The van der Waals surface area contributed by atoms with E-state index in [-0.39, 0.29) is 5.78 Å². The van der Waals surface area contributed by atoms with Gasteiger partial charge in [0.05, 0.1) is 0 Å². The second-order valence-corrected chi connectivity index (χ2v) is 7.18. The molecule has 0 spiro atoms. The summed E-state index contributed by atoms with van der Waals surface area (Å²) in [5, 5.41) is 0. The number of rotatable bonds is 5. The number of carbonyl (C=O) groups is 1. The van der Waals surface area contributed by atoms with Gasteiger partial charge < -0.3 is 15.4 Å². The van der Waals surface area contributed by atoms with Crippen molar-refractivity contribution in [2.24, 2.45) is 5.92 Å². The Hall–Kier alpha value is -1.43. The Morgan fingerprint density at radius 2 is 1.92 bits per heavy atom. The number of likely N-dealkylation sites (N-methyl/N-ethyl adjacent to an activating group) is 1. The number of anilines is 1. The molecule has 0 amide bonds. The number of hydrogen-bond acceptors (Lipinski definition) is 5.